The third-order valence-corrected chi connectivity index (χ3v) is 5.24. The molecular weight excluding hydrogens is 392 g/mol. The van der Waals surface area contributed by atoms with Crippen LogP contribution in [-0.2, 0) is 6.54 Å². The van der Waals surface area contributed by atoms with E-state index in [4.69, 9.17) is 10.2 Å². The number of aryl methyl sites for hydroxylation is 4. The van der Waals surface area contributed by atoms with Crippen molar-refractivity contribution in [3.05, 3.63) is 76.3 Å². The second-order valence-corrected chi connectivity index (χ2v) is 7.62. The van der Waals surface area contributed by atoms with Gasteiger partial charge >= 0.3 is 0 Å². The van der Waals surface area contributed by atoms with Crippen molar-refractivity contribution in [3.63, 3.8) is 0 Å². The van der Waals surface area contributed by atoms with Gasteiger partial charge in [0.25, 0.3) is 5.91 Å². The molecule has 0 aliphatic rings. The summed E-state index contributed by atoms with van der Waals surface area (Å²) in [5.41, 5.74) is 11.9. The van der Waals surface area contributed by atoms with Crippen LogP contribution in [0.15, 0.2) is 46.9 Å². The SMILES string of the molecule is Cc1ccc(-c2nc(Cn3nnc(C(=O)Nc4ccc(C)c(C)c4)c3N)c(C)o2)cc1. The van der Waals surface area contributed by atoms with E-state index in [9.17, 15) is 4.79 Å². The second kappa shape index (κ2) is 8.06. The van der Waals surface area contributed by atoms with Gasteiger partial charge in [-0.25, -0.2) is 9.67 Å². The minimum Gasteiger partial charge on any atom is -0.441 e. The number of carbonyl (C=O) groups excluding carboxylic acids is 1. The molecule has 2 aromatic heterocycles. The van der Waals surface area contributed by atoms with Crippen molar-refractivity contribution in [2.45, 2.75) is 34.2 Å². The van der Waals surface area contributed by atoms with Gasteiger partial charge in [0, 0.05) is 11.3 Å². The van der Waals surface area contributed by atoms with E-state index in [0.29, 0.717) is 23.0 Å². The minimum atomic E-state index is -0.413. The van der Waals surface area contributed by atoms with Crippen molar-refractivity contribution in [3.8, 4) is 11.5 Å². The lowest BCUT2D eigenvalue weighted by Gasteiger charge is -2.07. The van der Waals surface area contributed by atoms with Crippen LogP contribution in [0.3, 0.4) is 0 Å². The van der Waals surface area contributed by atoms with Gasteiger partial charge in [-0.3, -0.25) is 4.79 Å². The highest BCUT2D eigenvalue weighted by atomic mass is 16.4. The number of carbonyl (C=O) groups is 1. The molecule has 0 saturated carbocycles. The zero-order valence-electron chi connectivity index (χ0n) is 17.9. The van der Waals surface area contributed by atoms with E-state index >= 15 is 0 Å². The molecule has 8 heteroatoms. The molecule has 158 valence electrons. The Morgan fingerprint density at radius 2 is 1.81 bits per heavy atom. The first-order valence-corrected chi connectivity index (χ1v) is 9.92. The van der Waals surface area contributed by atoms with Gasteiger partial charge in [-0.1, -0.05) is 29.0 Å². The number of oxazole rings is 1. The Labute approximate surface area is 180 Å². The van der Waals surface area contributed by atoms with Gasteiger partial charge in [-0.15, -0.1) is 5.10 Å². The number of anilines is 2. The minimum absolute atomic E-state index is 0.0677. The van der Waals surface area contributed by atoms with E-state index in [2.05, 4.69) is 20.6 Å². The molecule has 0 atom stereocenters. The molecule has 0 unspecified atom stereocenters. The first-order valence-electron chi connectivity index (χ1n) is 9.92. The molecule has 0 radical (unpaired) electrons. The van der Waals surface area contributed by atoms with E-state index in [1.54, 1.807) is 0 Å². The average Bonchev–Trinajstić information content (AvgIpc) is 3.28. The fraction of sp³-hybridized carbons (Fsp3) is 0.217. The van der Waals surface area contributed by atoms with Gasteiger partial charge in [-0.05, 0) is 63.1 Å². The van der Waals surface area contributed by atoms with Gasteiger partial charge in [0.1, 0.15) is 11.5 Å². The Bertz CT molecular complexity index is 1250. The highest BCUT2D eigenvalue weighted by molar-refractivity contribution is 6.05. The predicted molar refractivity (Wildman–Crippen MR) is 119 cm³/mol. The number of rotatable bonds is 5. The molecule has 0 saturated heterocycles. The number of benzene rings is 2. The maximum absolute atomic E-state index is 12.6. The van der Waals surface area contributed by atoms with E-state index in [1.807, 2.05) is 70.2 Å². The number of nitrogens with two attached hydrogens (primary N) is 1. The van der Waals surface area contributed by atoms with E-state index in [1.165, 1.54) is 4.68 Å². The monoisotopic (exact) mass is 416 g/mol. The van der Waals surface area contributed by atoms with Gasteiger partial charge in [0.15, 0.2) is 11.5 Å². The molecule has 0 fully saturated rings. The van der Waals surface area contributed by atoms with Gasteiger partial charge < -0.3 is 15.5 Å². The average molecular weight is 416 g/mol. The highest BCUT2D eigenvalue weighted by Crippen LogP contribution is 2.23. The second-order valence-electron chi connectivity index (χ2n) is 7.62. The number of nitrogens with one attached hydrogen (secondary N) is 1. The first-order chi connectivity index (χ1) is 14.8. The van der Waals surface area contributed by atoms with Crippen molar-refractivity contribution in [1.29, 1.82) is 0 Å². The Kier molecular flexibility index (Phi) is 5.29. The van der Waals surface area contributed by atoms with Crippen molar-refractivity contribution in [1.82, 2.24) is 20.0 Å². The molecule has 4 rings (SSSR count). The van der Waals surface area contributed by atoms with Crippen molar-refractivity contribution >= 4 is 17.4 Å². The van der Waals surface area contributed by atoms with Gasteiger partial charge in [0.2, 0.25) is 5.89 Å². The summed E-state index contributed by atoms with van der Waals surface area (Å²) in [5, 5.41) is 10.8. The van der Waals surface area contributed by atoms with Crippen LogP contribution in [0.25, 0.3) is 11.5 Å². The molecule has 2 aromatic carbocycles. The normalized spacial score (nSPS) is 11.0. The Morgan fingerprint density at radius 3 is 2.52 bits per heavy atom. The molecule has 3 N–H and O–H groups in total. The number of nitrogens with zero attached hydrogens (tertiary/aromatic N) is 4. The molecule has 1 amide bonds. The molecule has 0 spiro atoms. The molecular formula is C23H24N6O2. The summed E-state index contributed by atoms with van der Waals surface area (Å²) in [7, 11) is 0. The largest absolute Gasteiger partial charge is 0.441 e. The Hall–Kier alpha value is -3.94. The fourth-order valence-corrected chi connectivity index (χ4v) is 3.14. The summed E-state index contributed by atoms with van der Waals surface area (Å²) in [6.07, 6.45) is 0. The van der Waals surface area contributed by atoms with Crippen LogP contribution in [0.2, 0.25) is 0 Å². The van der Waals surface area contributed by atoms with E-state index in [-0.39, 0.29) is 18.1 Å². The summed E-state index contributed by atoms with van der Waals surface area (Å²) < 4.78 is 7.26. The predicted octanol–water partition coefficient (Wildman–Crippen LogP) is 4.05. The standard InChI is InChI=1S/C23H24N6O2/c1-13-5-8-17(9-6-13)23-26-19(16(4)31-23)12-29-21(24)20(27-28-29)22(30)25-18-10-7-14(2)15(3)11-18/h5-11H,12,24H2,1-4H3,(H,25,30). The molecule has 8 nitrogen and oxygen atoms in total. The summed E-state index contributed by atoms with van der Waals surface area (Å²) in [6, 6.07) is 13.6. The summed E-state index contributed by atoms with van der Waals surface area (Å²) in [5.74, 6) is 0.940. The zero-order valence-corrected chi connectivity index (χ0v) is 17.9. The van der Waals surface area contributed by atoms with Crippen molar-refractivity contribution in [2.75, 3.05) is 11.1 Å². The van der Waals surface area contributed by atoms with E-state index < -0.39 is 5.91 Å². The van der Waals surface area contributed by atoms with Crippen LogP contribution in [0.5, 0.6) is 0 Å². The summed E-state index contributed by atoms with van der Waals surface area (Å²) in [4.78, 5) is 17.2. The Morgan fingerprint density at radius 1 is 1.06 bits per heavy atom. The topological polar surface area (TPSA) is 112 Å². The lowest BCUT2D eigenvalue weighted by Crippen LogP contribution is -2.15. The first kappa shape index (κ1) is 20.3. The zero-order chi connectivity index (χ0) is 22.1. The van der Waals surface area contributed by atoms with Crippen LogP contribution >= 0.6 is 0 Å². The quantitative estimate of drug-likeness (QED) is 0.508. The van der Waals surface area contributed by atoms with Crippen LogP contribution in [0, 0.1) is 27.7 Å². The van der Waals surface area contributed by atoms with Crippen LogP contribution in [0.4, 0.5) is 11.5 Å². The van der Waals surface area contributed by atoms with Crippen molar-refractivity contribution in [2.24, 2.45) is 0 Å². The highest BCUT2D eigenvalue weighted by Gasteiger charge is 2.20. The lowest BCUT2D eigenvalue weighted by atomic mass is 10.1. The number of aromatic nitrogens is 4. The van der Waals surface area contributed by atoms with Gasteiger partial charge in [0.05, 0.1) is 6.54 Å². The Balaban J connectivity index is 1.52. The third kappa shape index (κ3) is 4.18. The molecule has 0 aliphatic heterocycles. The van der Waals surface area contributed by atoms with Crippen LogP contribution in [-0.4, -0.2) is 25.9 Å². The number of amides is 1. The maximum Gasteiger partial charge on any atom is 0.280 e. The maximum atomic E-state index is 12.6. The number of nitrogen functional groups attached to an aromatic ring is 1. The smallest absolute Gasteiger partial charge is 0.280 e. The fourth-order valence-electron chi connectivity index (χ4n) is 3.14. The summed E-state index contributed by atoms with van der Waals surface area (Å²) >= 11 is 0. The third-order valence-electron chi connectivity index (χ3n) is 5.24. The van der Waals surface area contributed by atoms with Crippen LogP contribution < -0.4 is 11.1 Å². The van der Waals surface area contributed by atoms with Gasteiger partial charge in [-0.2, -0.15) is 0 Å². The van der Waals surface area contributed by atoms with Crippen LogP contribution in [0.1, 0.15) is 38.6 Å². The molecule has 2 heterocycles. The lowest BCUT2D eigenvalue weighted by molar-refractivity contribution is 0.102. The molecule has 0 bridgehead atoms. The van der Waals surface area contributed by atoms with Crippen molar-refractivity contribution < 1.29 is 9.21 Å². The molecule has 31 heavy (non-hydrogen) atoms. The van der Waals surface area contributed by atoms with E-state index in [0.717, 1.165) is 22.3 Å². The molecule has 0 aliphatic carbocycles. The molecule has 4 aromatic rings. The number of hydrogen-bond acceptors (Lipinski definition) is 6. The summed E-state index contributed by atoms with van der Waals surface area (Å²) in [6.45, 7) is 8.11. The number of hydrogen-bond donors (Lipinski definition) is 2.